The molecule has 1 fully saturated rings. The van der Waals surface area contributed by atoms with Crippen molar-refractivity contribution in [3.8, 4) is 0 Å². The van der Waals surface area contributed by atoms with E-state index in [1.165, 1.54) is 6.92 Å². The first-order valence-electron chi connectivity index (χ1n) is 9.03. The summed E-state index contributed by atoms with van der Waals surface area (Å²) in [6, 6.07) is 8.12. The number of carbonyl (C=O) groups excluding carboxylic acids is 1. The summed E-state index contributed by atoms with van der Waals surface area (Å²) in [6.07, 6.45) is -3.27. The van der Waals surface area contributed by atoms with E-state index in [9.17, 15) is 18.0 Å². The van der Waals surface area contributed by atoms with Crippen molar-refractivity contribution < 1.29 is 18.0 Å². The van der Waals surface area contributed by atoms with Crippen molar-refractivity contribution in [2.45, 2.75) is 38.9 Å². The van der Waals surface area contributed by atoms with Crippen LogP contribution in [-0.2, 0) is 6.18 Å². The summed E-state index contributed by atoms with van der Waals surface area (Å²) in [5.74, 6) is 0.352. The number of rotatable bonds is 3. The number of para-hydroxylation sites is 1. The van der Waals surface area contributed by atoms with Gasteiger partial charge in [0, 0.05) is 30.9 Å². The van der Waals surface area contributed by atoms with E-state index in [-0.39, 0.29) is 23.7 Å². The normalized spacial score (nSPS) is 15.4. The third-order valence-corrected chi connectivity index (χ3v) is 4.66. The molecule has 3 rings (SSSR count). The van der Waals surface area contributed by atoms with Crippen LogP contribution in [0.3, 0.4) is 0 Å². The molecule has 0 spiro atoms. The van der Waals surface area contributed by atoms with Gasteiger partial charge in [-0.25, -0.2) is 14.8 Å². The van der Waals surface area contributed by atoms with Crippen molar-refractivity contribution in [3.63, 3.8) is 0 Å². The molecule has 9 heteroatoms. The first-order valence-corrected chi connectivity index (χ1v) is 9.03. The number of piperidine rings is 1. The molecule has 28 heavy (non-hydrogen) atoms. The Morgan fingerprint density at radius 1 is 1.14 bits per heavy atom. The van der Waals surface area contributed by atoms with Crippen LogP contribution < -0.4 is 15.5 Å². The smallest absolute Gasteiger partial charge is 0.356 e. The SMILES string of the molecule is Cc1nc(N2CCC(NC(=O)Nc3ccccc3C)CC2)cc(C(F)(F)F)n1. The van der Waals surface area contributed by atoms with Crippen molar-refractivity contribution in [3.05, 3.63) is 47.4 Å². The minimum Gasteiger partial charge on any atom is -0.356 e. The Morgan fingerprint density at radius 2 is 1.82 bits per heavy atom. The maximum absolute atomic E-state index is 13.0. The zero-order valence-corrected chi connectivity index (χ0v) is 15.7. The summed E-state index contributed by atoms with van der Waals surface area (Å²) in [7, 11) is 0. The molecule has 1 aliphatic heterocycles. The minimum absolute atomic E-state index is 0.0507. The van der Waals surface area contributed by atoms with Gasteiger partial charge in [-0.05, 0) is 38.3 Å². The molecule has 0 saturated carbocycles. The highest BCUT2D eigenvalue weighted by Gasteiger charge is 2.34. The molecule has 2 heterocycles. The average molecular weight is 393 g/mol. The Labute approximate surface area is 161 Å². The molecule has 0 radical (unpaired) electrons. The Bertz CT molecular complexity index is 848. The van der Waals surface area contributed by atoms with Crippen molar-refractivity contribution in [2.24, 2.45) is 0 Å². The van der Waals surface area contributed by atoms with Gasteiger partial charge >= 0.3 is 12.2 Å². The number of hydrogen-bond acceptors (Lipinski definition) is 4. The number of carbonyl (C=O) groups is 1. The van der Waals surface area contributed by atoms with E-state index in [4.69, 9.17) is 0 Å². The molecule has 0 aliphatic carbocycles. The number of amides is 2. The third-order valence-electron chi connectivity index (χ3n) is 4.66. The first-order chi connectivity index (χ1) is 13.2. The van der Waals surface area contributed by atoms with Crippen LogP contribution in [0.5, 0.6) is 0 Å². The van der Waals surface area contributed by atoms with Crippen LogP contribution in [0.2, 0.25) is 0 Å². The van der Waals surface area contributed by atoms with Crippen LogP contribution >= 0.6 is 0 Å². The summed E-state index contributed by atoms with van der Waals surface area (Å²) in [4.78, 5) is 21.6. The lowest BCUT2D eigenvalue weighted by Gasteiger charge is -2.33. The molecule has 0 bridgehead atoms. The van der Waals surface area contributed by atoms with Crippen LogP contribution in [0.25, 0.3) is 0 Å². The number of anilines is 2. The van der Waals surface area contributed by atoms with Crippen LogP contribution in [0.1, 0.15) is 29.9 Å². The lowest BCUT2D eigenvalue weighted by atomic mass is 10.1. The second kappa shape index (κ2) is 8.04. The fourth-order valence-electron chi connectivity index (χ4n) is 3.17. The molecule has 2 N–H and O–H groups in total. The molecule has 0 atom stereocenters. The number of hydrogen-bond donors (Lipinski definition) is 2. The van der Waals surface area contributed by atoms with Crippen LogP contribution in [0, 0.1) is 13.8 Å². The summed E-state index contributed by atoms with van der Waals surface area (Å²) in [6.45, 7) is 4.36. The number of urea groups is 1. The topological polar surface area (TPSA) is 70.2 Å². The minimum atomic E-state index is -4.50. The zero-order valence-electron chi connectivity index (χ0n) is 15.7. The number of benzene rings is 1. The zero-order chi connectivity index (χ0) is 20.3. The Balaban J connectivity index is 1.57. The predicted octanol–water partition coefficient (Wildman–Crippen LogP) is 3.90. The molecule has 0 unspecified atom stereocenters. The van der Waals surface area contributed by atoms with E-state index in [2.05, 4.69) is 20.6 Å². The van der Waals surface area contributed by atoms with E-state index in [0.717, 1.165) is 17.3 Å². The Morgan fingerprint density at radius 3 is 2.46 bits per heavy atom. The van der Waals surface area contributed by atoms with Crippen molar-refractivity contribution in [1.82, 2.24) is 15.3 Å². The van der Waals surface area contributed by atoms with Crippen molar-refractivity contribution in [1.29, 1.82) is 0 Å². The quantitative estimate of drug-likeness (QED) is 0.830. The van der Waals surface area contributed by atoms with Crippen molar-refractivity contribution >= 4 is 17.5 Å². The van der Waals surface area contributed by atoms with Gasteiger partial charge < -0.3 is 15.5 Å². The highest BCUT2D eigenvalue weighted by Crippen LogP contribution is 2.30. The first kappa shape index (κ1) is 19.9. The molecular formula is C19H22F3N5O. The van der Waals surface area contributed by atoms with Crippen molar-refractivity contribution in [2.75, 3.05) is 23.3 Å². The number of aryl methyl sites for hydroxylation is 2. The fraction of sp³-hybridized carbons (Fsp3) is 0.421. The molecule has 2 aromatic rings. The number of halogens is 3. The Hall–Kier alpha value is -2.84. The molecule has 1 aliphatic rings. The maximum atomic E-state index is 13.0. The average Bonchev–Trinajstić information content (AvgIpc) is 2.63. The van der Waals surface area contributed by atoms with Gasteiger partial charge in [0.05, 0.1) is 0 Å². The molecule has 2 amide bonds. The van der Waals surface area contributed by atoms with Crippen LogP contribution in [0.15, 0.2) is 30.3 Å². The van der Waals surface area contributed by atoms with E-state index >= 15 is 0 Å². The van der Waals surface area contributed by atoms with Gasteiger partial charge in [0.1, 0.15) is 17.3 Å². The summed E-state index contributed by atoms with van der Waals surface area (Å²) >= 11 is 0. The monoisotopic (exact) mass is 393 g/mol. The largest absolute Gasteiger partial charge is 0.433 e. The second-order valence-corrected chi connectivity index (χ2v) is 6.83. The van der Waals surface area contributed by atoms with Crippen LogP contribution in [-0.4, -0.2) is 35.1 Å². The second-order valence-electron chi connectivity index (χ2n) is 6.83. The lowest BCUT2D eigenvalue weighted by molar-refractivity contribution is -0.141. The highest BCUT2D eigenvalue weighted by molar-refractivity contribution is 5.90. The molecule has 1 saturated heterocycles. The molecule has 1 aromatic heterocycles. The maximum Gasteiger partial charge on any atom is 0.433 e. The number of aromatic nitrogens is 2. The molecular weight excluding hydrogens is 371 g/mol. The number of nitrogens with zero attached hydrogens (tertiary/aromatic N) is 3. The van der Waals surface area contributed by atoms with E-state index in [1.807, 2.05) is 31.2 Å². The highest BCUT2D eigenvalue weighted by atomic mass is 19.4. The molecule has 1 aromatic carbocycles. The van der Waals surface area contributed by atoms with Gasteiger partial charge in [0.25, 0.3) is 0 Å². The number of nitrogens with one attached hydrogen (secondary N) is 2. The van der Waals surface area contributed by atoms with E-state index in [1.54, 1.807) is 4.90 Å². The summed E-state index contributed by atoms with van der Waals surface area (Å²) in [5, 5.41) is 5.75. The van der Waals surface area contributed by atoms with Gasteiger partial charge in [-0.1, -0.05) is 18.2 Å². The summed E-state index contributed by atoms with van der Waals surface area (Å²) in [5.41, 5.74) is 0.772. The Kier molecular flexibility index (Phi) is 5.71. The van der Waals surface area contributed by atoms with Gasteiger partial charge in [-0.2, -0.15) is 13.2 Å². The molecule has 150 valence electrons. The van der Waals surface area contributed by atoms with E-state index < -0.39 is 11.9 Å². The van der Waals surface area contributed by atoms with Gasteiger partial charge in [-0.3, -0.25) is 0 Å². The van der Waals surface area contributed by atoms with Gasteiger partial charge in [-0.15, -0.1) is 0 Å². The van der Waals surface area contributed by atoms with Gasteiger partial charge in [0.15, 0.2) is 0 Å². The van der Waals surface area contributed by atoms with Crippen LogP contribution in [0.4, 0.5) is 29.5 Å². The van der Waals surface area contributed by atoms with Gasteiger partial charge in [0.2, 0.25) is 0 Å². The number of alkyl halides is 3. The fourth-order valence-corrected chi connectivity index (χ4v) is 3.17. The third kappa shape index (κ3) is 4.90. The predicted molar refractivity (Wildman–Crippen MR) is 100 cm³/mol. The lowest BCUT2D eigenvalue weighted by Crippen LogP contribution is -2.46. The van der Waals surface area contributed by atoms with E-state index in [0.29, 0.717) is 25.9 Å². The molecule has 6 nitrogen and oxygen atoms in total. The summed E-state index contributed by atoms with van der Waals surface area (Å²) < 4.78 is 38.9. The standard InChI is InChI=1S/C19H22F3N5O/c1-12-5-3-4-6-15(12)26-18(28)25-14-7-9-27(10-8-14)17-11-16(19(20,21)22)23-13(2)24-17/h3-6,11,14H,7-10H2,1-2H3,(H2,25,26,28).